The predicted molar refractivity (Wildman–Crippen MR) is 98.0 cm³/mol. The first kappa shape index (κ1) is 19.4. The van der Waals surface area contributed by atoms with Gasteiger partial charge in [-0.05, 0) is 37.7 Å². The first-order chi connectivity index (χ1) is 12.0. The van der Waals surface area contributed by atoms with Crippen molar-refractivity contribution < 1.29 is 14.7 Å². The summed E-state index contributed by atoms with van der Waals surface area (Å²) in [4.78, 5) is 26.9. The van der Waals surface area contributed by atoms with Crippen molar-refractivity contribution in [2.75, 3.05) is 13.1 Å². The van der Waals surface area contributed by atoms with Crippen LogP contribution in [0.1, 0.15) is 45.1 Å². The van der Waals surface area contributed by atoms with Gasteiger partial charge in [0.2, 0.25) is 11.8 Å². The molecule has 1 aliphatic heterocycles. The molecular weight excluding hydrogens is 316 g/mol. The van der Waals surface area contributed by atoms with Crippen LogP contribution in [-0.2, 0) is 16.0 Å². The van der Waals surface area contributed by atoms with Crippen LogP contribution in [-0.4, -0.2) is 47.1 Å². The molecule has 0 radical (unpaired) electrons. The molecule has 0 bridgehead atoms. The lowest BCUT2D eigenvalue weighted by Gasteiger charge is -2.35. The molecule has 2 N–H and O–H groups in total. The summed E-state index contributed by atoms with van der Waals surface area (Å²) < 4.78 is 0. The third-order valence-electron chi connectivity index (χ3n) is 4.95. The Labute approximate surface area is 150 Å². The minimum absolute atomic E-state index is 0.00676. The average molecular weight is 346 g/mol. The number of nitrogens with one attached hydrogen (secondary N) is 1. The van der Waals surface area contributed by atoms with E-state index in [1.54, 1.807) is 0 Å². The van der Waals surface area contributed by atoms with E-state index in [0.717, 1.165) is 24.8 Å². The predicted octanol–water partition coefficient (Wildman–Crippen LogP) is 2.13. The summed E-state index contributed by atoms with van der Waals surface area (Å²) in [6.07, 6.45) is 3.09. The van der Waals surface area contributed by atoms with Crippen molar-refractivity contribution >= 4 is 11.8 Å². The number of likely N-dealkylation sites (tertiary alicyclic amines) is 1. The maximum absolute atomic E-state index is 12.8. The number of piperidine rings is 1. The molecule has 5 nitrogen and oxygen atoms in total. The monoisotopic (exact) mass is 346 g/mol. The number of aliphatic hydroxyl groups excluding tert-OH is 1. The van der Waals surface area contributed by atoms with Gasteiger partial charge in [-0.15, -0.1) is 0 Å². The van der Waals surface area contributed by atoms with E-state index in [4.69, 9.17) is 0 Å². The smallest absolute Gasteiger partial charge is 0.245 e. The Balaban J connectivity index is 1.90. The second-order valence-corrected chi connectivity index (χ2v) is 6.97. The highest BCUT2D eigenvalue weighted by molar-refractivity contribution is 5.88. The Morgan fingerprint density at radius 3 is 2.44 bits per heavy atom. The molecule has 1 heterocycles. The minimum atomic E-state index is -0.454. The van der Waals surface area contributed by atoms with E-state index in [1.807, 2.05) is 49.1 Å². The molecule has 1 aromatic carbocycles. The summed E-state index contributed by atoms with van der Waals surface area (Å²) in [5.41, 5.74) is 0.945. The van der Waals surface area contributed by atoms with Gasteiger partial charge in [0, 0.05) is 13.1 Å². The fraction of sp³-hybridized carbons (Fsp3) is 0.600. The van der Waals surface area contributed by atoms with Crippen molar-refractivity contribution in [3.05, 3.63) is 35.9 Å². The van der Waals surface area contributed by atoms with Gasteiger partial charge >= 0.3 is 0 Å². The molecule has 0 saturated carbocycles. The molecule has 0 aromatic heterocycles. The fourth-order valence-corrected chi connectivity index (χ4v) is 3.40. The van der Waals surface area contributed by atoms with Crippen molar-refractivity contribution in [3.63, 3.8) is 0 Å². The normalized spacial score (nSPS) is 17.8. The van der Waals surface area contributed by atoms with Gasteiger partial charge < -0.3 is 15.3 Å². The van der Waals surface area contributed by atoms with Gasteiger partial charge in [-0.3, -0.25) is 9.59 Å². The molecule has 2 unspecified atom stereocenters. The summed E-state index contributed by atoms with van der Waals surface area (Å²) in [5, 5.41) is 12.6. The van der Waals surface area contributed by atoms with Crippen molar-refractivity contribution in [2.45, 2.75) is 58.1 Å². The molecule has 5 heteroatoms. The zero-order chi connectivity index (χ0) is 18.2. The Morgan fingerprint density at radius 2 is 1.88 bits per heavy atom. The van der Waals surface area contributed by atoms with Crippen LogP contribution >= 0.6 is 0 Å². The Hall–Kier alpha value is -1.88. The average Bonchev–Trinajstić information content (AvgIpc) is 2.61. The summed E-state index contributed by atoms with van der Waals surface area (Å²) in [6, 6.07) is 9.10. The maximum atomic E-state index is 12.8. The molecule has 2 amide bonds. The number of benzene rings is 1. The number of nitrogens with zero attached hydrogens (tertiary/aromatic N) is 1. The van der Waals surface area contributed by atoms with E-state index < -0.39 is 6.04 Å². The van der Waals surface area contributed by atoms with Gasteiger partial charge in [0.25, 0.3) is 0 Å². The van der Waals surface area contributed by atoms with Gasteiger partial charge in [0.05, 0.1) is 12.5 Å². The molecule has 0 spiro atoms. The molecule has 1 fully saturated rings. The Kier molecular flexibility index (Phi) is 7.44. The lowest BCUT2D eigenvalue weighted by Crippen LogP contribution is -2.51. The summed E-state index contributed by atoms with van der Waals surface area (Å²) in [6.45, 7) is 5.14. The fourth-order valence-electron chi connectivity index (χ4n) is 3.40. The second-order valence-electron chi connectivity index (χ2n) is 6.97. The summed E-state index contributed by atoms with van der Waals surface area (Å²) in [7, 11) is 0. The third-order valence-corrected chi connectivity index (χ3v) is 4.95. The summed E-state index contributed by atoms with van der Waals surface area (Å²) in [5.74, 6) is 0.158. The van der Waals surface area contributed by atoms with E-state index in [9.17, 15) is 14.7 Å². The lowest BCUT2D eigenvalue weighted by molar-refractivity contribution is -0.138. The van der Waals surface area contributed by atoms with E-state index in [-0.39, 0.29) is 23.8 Å². The SMILES string of the molecule is CCCC(NC(=O)Cc1ccccc1)C(=O)N1CCC(C(C)O)CC1. The molecule has 138 valence electrons. The Morgan fingerprint density at radius 1 is 1.24 bits per heavy atom. The van der Waals surface area contributed by atoms with Gasteiger partial charge in [-0.25, -0.2) is 0 Å². The van der Waals surface area contributed by atoms with Crippen LogP contribution in [0.3, 0.4) is 0 Å². The molecule has 1 aliphatic rings. The van der Waals surface area contributed by atoms with Crippen molar-refractivity contribution in [1.29, 1.82) is 0 Å². The number of amides is 2. The number of hydrogen-bond acceptors (Lipinski definition) is 3. The number of rotatable bonds is 7. The van der Waals surface area contributed by atoms with Gasteiger partial charge in [-0.1, -0.05) is 43.7 Å². The van der Waals surface area contributed by atoms with E-state index in [0.29, 0.717) is 25.9 Å². The zero-order valence-corrected chi connectivity index (χ0v) is 15.3. The van der Waals surface area contributed by atoms with Crippen molar-refractivity contribution in [1.82, 2.24) is 10.2 Å². The van der Waals surface area contributed by atoms with Gasteiger partial charge in [0.15, 0.2) is 0 Å². The summed E-state index contributed by atoms with van der Waals surface area (Å²) >= 11 is 0. The number of carbonyl (C=O) groups excluding carboxylic acids is 2. The van der Waals surface area contributed by atoms with Crippen LogP contribution in [0.2, 0.25) is 0 Å². The molecule has 0 aliphatic carbocycles. The van der Waals surface area contributed by atoms with E-state index >= 15 is 0 Å². The van der Waals surface area contributed by atoms with Gasteiger partial charge in [-0.2, -0.15) is 0 Å². The topological polar surface area (TPSA) is 69.6 Å². The van der Waals surface area contributed by atoms with Crippen molar-refractivity contribution in [2.24, 2.45) is 5.92 Å². The second kappa shape index (κ2) is 9.56. The third kappa shape index (κ3) is 5.85. The lowest BCUT2D eigenvalue weighted by atomic mass is 9.91. The van der Waals surface area contributed by atoms with Crippen LogP contribution in [0.25, 0.3) is 0 Å². The number of carbonyl (C=O) groups is 2. The molecule has 2 atom stereocenters. The van der Waals surface area contributed by atoms with E-state index in [2.05, 4.69) is 5.32 Å². The highest BCUT2D eigenvalue weighted by Crippen LogP contribution is 2.21. The molecule has 1 aromatic rings. The van der Waals surface area contributed by atoms with Crippen molar-refractivity contribution in [3.8, 4) is 0 Å². The first-order valence-corrected chi connectivity index (χ1v) is 9.31. The molecule has 2 rings (SSSR count). The van der Waals surface area contributed by atoms with Crippen LogP contribution < -0.4 is 5.32 Å². The zero-order valence-electron chi connectivity index (χ0n) is 15.3. The number of aliphatic hydroxyl groups is 1. The first-order valence-electron chi connectivity index (χ1n) is 9.31. The largest absolute Gasteiger partial charge is 0.393 e. The minimum Gasteiger partial charge on any atom is -0.393 e. The van der Waals surface area contributed by atoms with Crippen LogP contribution in [0.15, 0.2) is 30.3 Å². The van der Waals surface area contributed by atoms with E-state index in [1.165, 1.54) is 0 Å². The maximum Gasteiger partial charge on any atom is 0.245 e. The molecule has 25 heavy (non-hydrogen) atoms. The quantitative estimate of drug-likeness (QED) is 0.795. The van der Waals surface area contributed by atoms with Crippen LogP contribution in [0.4, 0.5) is 0 Å². The van der Waals surface area contributed by atoms with Crippen LogP contribution in [0, 0.1) is 5.92 Å². The standard InChI is InChI=1S/C20H30N2O3/c1-3-7-18(21-19(24)14-16-8-5-4-6-9-16)20(25)22-12-10-17(11-13-22)15(2)23/h4-6,8-9,15,17-18,23H,3,7,10-14H2,1-2H3,(H,21,24). The highest BCUT2D eigenvalue weighted by atomic mass is 16.3. The number of hydrogen-bond donors (Lipinski definition) is 2. The Bertz CT molecular complexity index is 551. The molecular formula is C20H30N2O3. The van der Waals surface area contributed by atoms with Crippen LogP contribution in [0.5, 0.6) is 0 Å². The van der Waals surface area contributed by atoms with Gasteiger partial charge in [0.1, 0.15) is 6.04 Å². The highest BCUT2D eigenvalue weighted by Gasteiger charge is 2.30. The molecule has 1 saturated heterocycles.